The molecule has 130 valence electrons. The van der Waals surface area contributed by atoms with Crippen molar-refractivity contribution in [2.45, 2.75) is 31.8 Å². The van der Waals surface area contributed by atoms with E-state index >= 15 is 0 Å². The number of amides is 1. The molecule has 1 saturated carbocycles. The van der Waals surface area contributed by atoms with Crippen molar-refractivity contribution in [3.63, 3.8) is 0 Å². The van der Waals surface area contributed by atoms with E-state index in [1.165, 1.54) is 13.3 Å². The van der Waals surface area contributed by atoms with E-state index in [2.05, 4.69) is 15.0 Å². The van der Waals surface area contributed by atoms with Crippen LogP contribution in [0.15, 0.2) is 18.3 Å². The first-order chi connectivity index (χ1) is 11.5. The highest BCUT2D eigenvalue weighted by molar-refractivity contribution is 6.37. The fourth-order valence-electron chi connectivity index (χ4n) is 2.55. The summed E-state index contributed by atoms with van der Waals surface area (Å²) in [6.07, 6.45) is 4.35. The Morgan fingerprint density at radius 1 is 1.08 bits per heavy atom. The number of aromatic nitrogens is 1. The van der Waals surface area contributed by atoms with E-state index in [-0.39, 0.29) is 18.0 Å². The number of carbonyl (C=O) groups is 3. The largest absolute Gasteiger partial charge is 0.474 e. The molecule has 0 saturated heterocycles. The lowest BCUT2D eigenvalue weighted by Crippen LogP contribution is -2.28. The predicted molar refractivity (Wildman–Crippen MR) is 83.3 cm³/mol. The molecule has 1 fully saturated rings. The van der Waals surface area contributed by atoms with Gasteiger partial charge in [-0.25, -0.2) is 9.78 Å². The van der Waals surface area contributed by atoms with E-state index in [1.807, 2.05) is 0 Å². The number of carbonyl (C=O) groups excluding carboxylic acids is 3. The molecule has 1 aromatic heterocycles. The molecule has 0 spiro atoms. The van der Waals surface area contributed by atoms with Gasteiger partial charge in [0.15, 0.2) is 0 Å². The molecule has 0 bridgehead atoms. The van der Waals surface area contributed by atoms with Crippen molar-refractivity contribution in [3.05, 3.63) is 18.3 Å². The van der Waals surface area contributed by atoms with Crippen molar-refractivity contribution in [2.75, 3.05) is 19.5 Å². The molecule has 1 N–H and O–H groups in total. The molecule has 0 unspecified atom stereocenters. The van der Waals surface area contributed by atoms with Gasteiger partial charge in [-0.3, -0.25) is 9.59 Å². The maximum absolute atomic E-state index is 11.5. The summed E-state index contributed by atoms with van der Waals surface area (Å²) in [7, 11) is 2.53. The number of ether oxygens (including phenoxy) is 3. The van der Waals surface area contributed by atoms with Crippen LogP contribution in [0.5, 0.6) is 5.88 Å². The van der Waals surface area contributed by atoms with Crippen LogP contribution in [0.2, 0.25) is 0 Å². The van der Waals surface area contributed by atoms with Crippen LogP contribution in [0.25, 0.3) is 0 Å². The Bertz CT molecular complexity index is 593. The van der Waals surface area contributed by atoms with E-state index in [0.717, 1.165) is 32.8 Å². The molecule has 8 heteroatoms. The van der Waals surface area contributed by atoms with E-state index in [9.17, 15) is 14.4 Å². The lowest BCUT2D eigenvalue weighted by molar-refractivity contribution is -0.150. The zero-order valence-electron chi connectivity index (χ0n) is 13.6. The number of nitrogens with one attached hydrogen (secondary N) is 1. The Balaban J connectivity index is 1.83. The van der Waals surface area contributed by atoms with Crippen molar-refractivity contribution in [1.82, 2.24) is 4.98 Å². The zero-order valence-corrected chi connectivity index (χ0v) is 13.6. The van der Waals surface area contributed by atoms with Crippen LogP contribution >= 0.6 is 0 Å². The highest BCUT2D eigenvalue weighted by atomic mass is 16.5. The second kappa shape index (κ2) is 8.28. The smallest absolute Gasteiger partial charge is 0.396 e. The molecule has 1 amide bonds. The van der Waals surface area contributed by atoms with Gasteiger partial charge >= 0.3 is 17.8 Å². The lowest BCUT2D eigenvalue weighted by atomic mass is 9.87. The lowest BCUT2D eigenvalue weighted by Gasteiger charge is -2.27. The summed E-state index contributed by atoms with van der Waals surface area (Å²) >= 11 is 0. The molecular weight excluding hydrogens is 316 g/mol. The summed E-state index contributed by atoms with van der Waals surface area (Å²) in [4.78, 5) is 38.0. The molecule has 0 aliphatic heterocycles. The summed E-state index contributed by atoms with van der Waals surface area (Å²) in [6, 6.07) is 3.20. The first-order valence-electron chi connectivity index (χ1n) is 7.63. The standard InChI is InChI=1S/C16H20N2O6/c1-22-15(20)10-3-6-12(7-4-10)24-13-8-5-11(9-17-13)18-14(19)16(21)23-2/h5,8-10,12H,3-4,6-7H2,1-2H3,(H,18,19)/t10-,12-. The van der Waals surface area contributed by atoms with Crippen molar-refractivity contribution in [1.29, 1.82) is 0 Å². The van der Waals surface area contributed by atoms with E-state index in [4.69, 9.17) is 9.47 Å². The van der Waals surface area contributed by atoms with Gasteiger partial charge in [0, 0.05) is 6.07 Å². The van der Waals surface area contributed by atoms with Gasteiger partial charge < -0.3 is 19.5 Å². The minimum Gasteiger partial charge on any atom is -0.474 e. The summed E-state index contributed by atoms with van der Waals surface area (Å²) in [5.41, 5.74) is 0.368. The molecule has 1 aliphatic rings. The maximum atomic E-state index is 11.5. The maximum Gasteiger partial charge on any atom is 0.396 e. The molecule has 0 atom stereocenters. The van der Waals surface area contributed by atoms with Gasteiger partial charge in [0.2, 0.25) is 5.88 Å². The fraction of sp³-hybridized carbons (Fsp3) is 0.500. The Morgan fingerprint density at radius 3 is 2.33 bits per heavy atom. The number of nitrogens with zero attached hydrogens (tertiary/aromatic N) is 1. The monoisotopic (exact) mass is 336 g/mol. The fourth-order valence-corrected chi connectivity index (χ4v) is 2.55. The van der Waals surface area contributed by atoms with Gasteiger partial charge in [-0.05, 0) is 31.7 Å². The number of anilines is 1. The molecule has 0 aromatic carbocycles. The number of methoxy groups -OCH3 is 2. The quantitative estimate of drug-likeness (QED) is 0.653. The Kier molecular flexibility index (Phi) is 6.11. The third-order valence-electron chi connectivity index (χ3n) is 3.86. The molecule has 1 aromatic rings. The molecular formula is C16H20N2O6. The van der Waals surface area contributed by atoms with Crippen molar-refractivity contribution in [3.8, 4) is 5.88 Å². The number of pyridine rings is 1. The van der Waals surface area contributed by atoms with Gasteiger partial charge in [0.05, 0.1) is 32.0 Å². The molecule has 1 heterocycles. The average molecular weight is 336 g/mol. The molecule has 24 heavy (non-hydrogen) atoms. The number of hydrogen-bond donors (Lipinski definition) is 1. The van der Waals surface area contributed by atoms with Gasteiger partial charge in [-0.2, -0.15) is 0 Å². The van der Waals surface area contributed by atoms with Gasteiger partial charge in [0.1, 0.15) is 6.10 Å². The topological polar surface area (TPSA) is 104 Å². The predicted octanol–water partition coefficient (Wildman–Crippen LogP) is 1.30. The second-order valence-corrected chi connectivity index (χ2v) is 5.45. The van der Waals surface area contributed by atoms with Gasteiger partial charge in [0.25, 0.3) is 0 Å². The number of hydrogen-bond acceptors (Lipinski definition) is 7. The number of rotatable bonds is 4. The van der Waals surface area contributed by atoms with Crippen LogP contribution in [0.4, 0.5) is 5.69 Å². The minimum absolute atomic E-state index is 0.00563. The third-order valence-corrected chi connectivity index (χ3v) is 3.86. The normalized spacial score (nSPS) is 19.9. The summed E-state index contributed by atoms with van der Waals surface area (Å²) in [5.74, 6) is -1.64. The molecule has 2 rings (SSSR count). The molecule has 8 nitrogen and oxygen atoms in total. The average Bonchev–Trinajstić information content (AvgIpc) is 2.62. The van der Waals surface area contributed by atoms with E-state index in [1.54, 1.807) is 12.1 Å². The van der Waals surface area contributed by atoms with Crippen LogP contribution in [0, 0.1) is 5.92 Å². The van der Waals surface area contributed by atoms with Crippen LogP contribution in [0.3, 0.4) is 0 Å². The van der Waals surface area contributed by atoms with Crippen molar-refractivity contribution >= 4 is 23.5 Å². The van der Waals surface area contributed by atoms with Gasteiger partial charge in [-0.1, -0.05) is 0 Å². The van der Waals surface area contributed by atoms with E-state index in [0.29, 0.717) is 11.6 Å². The van der Waals surface area contributed by atoms with Crippen molar-refractivity contribution in [2.24, 2.45) is 5.92 Å². The van der Waals surface area contributed by atoms with Gasteiger partial charge in [-0.15, -0.1) is 0 Å². The molecule has 0 radical (unpaired) electrons. The minimum atomic E-state index is -0.974. The van der Waals surface area contributed by atoms with Crippen LogP contribution < -0.4 is 10.1 Å². The van der Waals surface area contributed by atoms with Crippen LogP contribution in [-0.2, 0) is 23.9 Å². The second-order valence-electron chi connectivity index (χ2n) is 5.45. The SMILES string of the molecule is COC(=O)C(=O)Nc1ccc(O[C@H]2CC[C@H](C(=O)OC)CC2)nc1. The summed E-state index contributed by atoms with van der Waals surface area (Å²) in [5, 5.41) is 2.37. The number of esters is 2. The van der Waals surface area contributed by atoms with Crippen LogP contribution in [-0.4, -0.2) is 43.2 Å². The Morgan fingerprint density at radius 2 is 1.79 bits per heavy atom. The van der Waals surface area contributed by atoms with E-state index < -0.39 is 11.9 Å². The van der Waals surface area contributed by atoms with Crippen LogP contribution in [0.1, 0.15) is 25.7 Å². The Hall–Kier alpha value is -2.64. The highest BCUT2D eigenvalue weighted by Crippen LogP contribution is 2.28. The first kappa shape index (κ1) is 17.7. The zero-order chi connectivity index (χ0) is 17.5. The molecule has 1 aliphatic carbocycles. The highest BCUT2D eigenvalue weighted by Gasteiger charge is 2.28. The van der Waals surface area contributed by atoms with Crippen molar-refractivity contribution < 1.29 is 28.6 Å². The Labute approximate surface area is 139 Å². The summed E-state index contributed by atoms with van der Waals surface area (Å²) < 4.78 is 14.8. The summed E-state index contributed by atoms with van der Waals surface area (Å²) in [6.45, 7) is 0. The third kappa shape index (κ3) is 4.68. The first-order valence-corrected chi connectivity index (χ1v) is 7.63.